The second-order valence-electron chi connectivity index (χ2n) is 7.06. The second-order valence-corrected chi connectivity index (χ2v) is 7.06. The van der Waals surface area contributed by atoms with Gasteiger partial charge in [-0.1, -0.05) is 37.1 Å². The lowest BCUT2D eigenvalue weighted by Gasteiger charge is -2.28. The number of aromatic nitrogens is 2. The SMILES string of the molecule is O=C1c2ccccc2-c2n[nH]c(=O)c3ccc(N4CCCCCC4)c1c23. The van der Waals surface area contributed by atoms with E-state index in [0.717, 1.165) is 37.2 Å². The summed E-state index contributed by atoms with van der Waals surface area (Å²) in [4.78, 5) is 28.0. The van der Waals surface area contributed by atoms with Gasteiger partial charge in [0.25, 0.3) is 5.56 Å². The van der Waals surface area contributed by atoms with Crippen molar-refractivity contribution in [2.45, 2.75) is 25.7 Å². The molecule has 3 aromatic rings. The summed E-state index contributed by atoms with van der Waals surface area (Å²) in [6.45, 7) is 1.89. The van der Waals surface area contributed by atoms with Crippen LogP contribution >= 0.6 is 0 Å². The van der Waals surface area contributed by atoms with Crippen molar-refractivity contribution >= 4 is 22.2 Å². The zero-order chi connectivity index (χ0) is 17.7. The molecule has 130 valence electrons. The van der Waals surface area contributed by atoms with Crippen LogP contribution in [0.4, 0.5) is 5.69 Å². The third kappa shape index (κ3) is 2.13. The Bertz CT molecular complexity index is 1090. The minimum Gasteiger partial charge on any atom is -0.371 e. The van der Waals surface area contributed by atoms with Crippen LogP contribution in [-0.2, 0) is 0 Å². The van der Waals surface area contributed by atoms with E-state index < -0.39 is 0 Å². The molecule has 0 amide bonds. The summed E-state index contributed by atoms with van der Waals surface area (Å²) in [6.07, 6.45) is 4.71. The van der Waals surface area contributed by atoms with E-state index in [4.69, 9.17) is 0 Å². The average molecular weight is 345 g/mol. The molecule has 5 heteroatoms. The van der Waals surface area contributed by atoms with Gasteiger partial charge in [-0.3, -0.25) is 9.59 Å². The normalized spacial score (nSPS) is 16.5. The van der Waals surface area contributed by atoms with Gasteiger partial charge in [0.05, 0.1) is 10.9 Å². The van der Waals surface area contributed by atoms with Crippen LogP contribution in [0, 0.1) is 0 Å². The van der Waals surface area contributed by atoms with Gasteiger partial charge in [-0.05, 0) is 25.0 Å². The molecule has 2 aromatic carbocycles. The lowest BCUT2D eigenvalue weighted by atomic mass is 9.85. The number of nitrogens with zero attached hydrogens (tertiary/aromatic N) is 2. The number of ketones is 1. The summed E-state index contributed by atoms with van der Waals surface area (Å²) in [6, 6.07) is 11.3. The predicted molar refractivity (Wildman–Crippen MR) is 102 cm³/mol. The van der Waals surface area contributed by atoms with Crippen molar-refractivity contribution in [2.24, 2.45) is 0 Å². The minimum absolute atomic E-state index is 0.00894. The molecule has 0 unspecified atom stereocenters. The number of benzene rings is 2. The highest BCUT2D eigenvalue weighted by molar-refractivity contribution is 6.27. The number of carbonyl (C=O) groups is 1. The molecule has 0 atom stereocenters. The van der Waals surface area contributed by atoms with E-state index in [0.29, 0.717) is 27.6 Å². The van der Waals surface area contributed by atoms with Gasteiger partial charge in [0.2, 0.25) is 0 Å². The predicted octanol–water partition coefficient (Wildman–Crippen LogP) is 3.51. The van der Waals surface area contributed by atoms with Gasteiger partial charge in [0.15, 0.2) is 5.78 Å². The monoisotopic (exact) mass is 345 g/mol. The number of H-pyrrole nitrogens is 1. The molecule has 1 aliphatic carbocycles. The number of fused-ring (bicyclic) bond motifs is 2. The number of carbonyl (C=O) groups excluding carboxylic acids is 1. The fourth-order valence-electron chi connectivity index (χ4n) is 4.27. The van der Waals surface area contributed by atoms with Crippen molar-refractivity contribution in [2.75, 3.05) is 18.0 Å². The van der Waals surface area contributed by atoms with Gasteiger partial charge in [0.1, 0.15) is 5.69 Å². The molecule has 1 saturated heterocycles. The highest BCUT2D eigenvalue weighted by Gasteiger charge is 2.31. The van der Waals surface area contributed by atoms with Gasteiger partial charge in [0, 0.05) is 35.3 Å². The van der Waals surface area contributed by atoms with Crippen molar-refractivity contribution in [3.63, 3.8) is 0 Å². The van der Waals surface area contributed by atoms with Gasteiger partial charge in [-0.15, -0.1) is 0 Å². The van der Waals surface area contributed by atoms with Crippen molar-refractivity contribution in [3.8, 4) is 11.3 Å². The number of nitrogens with one attached hydrogen (secondary N) is 1. The van der Waals surface area contributed by atoms with Crippen LogP contribution in [0.5, 0.6) is 0 Å². The van der Waals surface area contributed by atoms with Crippen LogP contribution in [0.25, 0.3) is 22.0 Å². The maximum Gasteiger partial charge on any atom is 0.272 e. The van der Waals surface area contributed by atoms with E-state index in [9.17, 15) is 9.59 Å². The van der Waals surface area contributed by atoms with Crippen LogP contribution in [0.2, 0.25) is 0 Å². The van der Waals surface area contributed by atoms with Crippen LogP contribution in [0.15, 0.2) is 41.2 Å². The molecule has 5 rings (SSSR count). The summed E-state index contributed by atoms with van der Waals surface area (Å²) < 4.78 is 0. The summed E-state index contributed by atoms with van der Waals surface area (Å²) in [5, 5.41) is 8.13. The molecular weight excluding hydrogens is 326 g/mol. The average Bonchev–Trinajstić information content (AvgIpc) is 2.96. The maximum absolute atomic E-state index is 13.4. The second kappa shape index (κ2) is 5.80. The molecule has 0 spiro atoms. The smallest absolute Gasteiger partial charge is 0.272 e. The topological polar surface area (TPSA) is 66.1 Å². The van der Waals surface area contributed by atoms with Crippen molar-refractivity contribution < 1.29 is 4.79 Å². The van der Waals surface area contributed by atoms with E-state index in [1.807, 2.05) is 36.4 Å². The Morgan fingerprint density at radius 2 is 1.62 bits per heavy atom. The van der Waals surface area contributed by atoms with Crippen molar-refractivity contribution in [1.29, 1.82) is 0 Å². The molecule has 0 saturated carbocycles. The number of anilines is 1. The summed E-state index contributed by atoms with van der Waals surface area (Å²) >= 11 is 0. The van der Waals surface area contributed by atoms with Gasteiger partial charge in [-0.2, -0.15) is 5.10 Å². The number of rotatable bonds is 1. The number of aromatic amines is 1. The van der Waals surface area contributed by atoms with Gasteiger partial charge >= 0.3 is 0 Å². The Morgan fingerprint density at radius 3 is 2.38 bits per heavy atom. The van der Waals surface area contributed by atoms with Crippen LogP contribution in [0.1, 0.15) is 41.6 Å². The Kier molecular flexibility index (Phi) is 3.42. The van der Waals surface area contributed by atoms with Gasteiger partial charge < -0.3 is 4.90 Å². The number of hydrogen-bond donors (Lipinski definition) is 1. The number of hydrogen-bond acceptors (Lipinski definition) is 4. The summed E-state index contributed by atoms with van der Waals surface area (Å²) in [5.41, 5.74) is 3.47. The standard InChI is InChI=1S/C21H19N3O2/c25-20-14-8-4-3-7-13(14)19-17-15(21(26)23-22-19)9-10-16(18(17)20)24-11-5-1-2-6-12-24/h3-4,7-10H,1-2,5-6,11-12H2,(H,23,26). The van der Waals surface area contributed by atoms with E-state index in [1.54, 1.807) is 0 Å². The molecule has 0 radical (unpaired) electrons. The third-order valence-electron chi connectivity index (χ3n) is 5.53. The first-order valence-electron chi connectivity index (χ1n) is 9.20. The minimum atomic E-state index is -0.250. The lowest BCUT2D eigenvalue weighted by Crippen LogP contribution is -2.27. The Morgan fingerprint density at radius 1 is 0.885 bits per heavy atom. The fourth-order valence-corrected chi connectivity index (χ4v) is 4.27. The lowest BCUT2D eigenvalue weighted by molar-refractivity contribution is 0.104. The van der Waals surface area contributed by atoms with Crippen molar-refractivity contribution in [3.05, 3.63) is 57.9 Å². The summed E-state index contributed by atoms with van der Waals surface area (Å²) in [5.74, 6) is -0.00894. The highest BCUT2D eigenvalue weighted by atomic mass is 16.1. The van der Waals surface area contributed by atoms with Crippen LogP contribution in [0.3, 0.4) is 0 Å². The Balaban J connectivity index is 1.86. The van der Waals surface area contributed by atoms with Crippen molar-refractivity contribution in [1.82, 2.24) is 10.2 Å². The highest BCUT2D eigenvalue weighted by Crippen LogP contribution is 2.41. The molecule has 1 fully saturated rings. The molecule has 1 aliphatic heterocycles. The first kappa shape index (κ1) is 15.3. The molecule has 2 heterocycles. The largest absolute Gasteiger partial charge is 0.371 e. The van der Waals surface area contributed by atoms with Crippen LogP contribution in [-0.4, -0.2) is 29.1 Å². The molecule has 2 aliphatic rings. The molecule has 26 heavy (non-hydrogen) atoms. The quantitative estimate of drug-likeness (QED) is 0.573. The zero-order valence-corrected chi connectivity index (χ0v) is 14.4. The zero-order valence-electron chi connectivity index (χ0n) is 14.4. The van der Waals surface area contributed by atoms with Gasteiger partial charge in [-0.25, -0.2) is 5.10 Å². The molecule has 1 N–H and O–H groups in total. The third-order valence-corrected chi connectivity index (χ3v) is 5.53. The van der Waals surface area contributed by atoms with Crippen LogP contribution < -0.4 is 10.5 Å². The molecular formula is C21H19N3O2. The van der Waals surface area contributed by atoms with E-state index in [1.165, 1.54) is 12.8 Å². The molecule has 0 bridgehead atoms. The Labute approximate surface area is 150 Å². The van der Waals surface area contributed by atoms with E-state index in [-0.39, 0.29) is 11.3 Å². The summed E-state index contributed by atoms with van der Waals surface area (Å²) in [7, 11) is 0. The first-order valence-corrected chi connectivity index (χ1v) is 9.20. The fraction of sp³-hybridized carbons (Fsp3) is 0.286. The van der Waals surface area contributed by atoms with E-state index >= 15 is 0 Å². The molecule has 5 nitrogen and oxygen atoms in total. The Hall–Kier alpha value is -2.95. The van der Waals surface area contributed by atoms with E-state index in [2.05, 4.69) is 15.1 Å². The molecule has 1 aromatic heterocycles. The maximum atomic E-state index is 13.4. The first-order chi connectivity index (χ1) is 12.8.